The molecule has 1 heterocycles. The normalized spacial score (nSPS) is 13.2. The van der Waals surface area contributed by atoms with Crippen LogP contribution < -0.4 is 16.2 Å². The molecule has 0 aliphatic carbocycles. The molecular formula is C13H25N5O2. The van der Waals surface area contributed by atoms with Crippen molar-refractivity contribution in [3.63, 3.8) is 0 Å². The van der Waals surface area contributed by atoms with E-state index in [1.165, 1.54) is 0 Å². The van der Waals surface area contributed by atoms with Crippen LogP contribution >= 0.6 is 0 Å². The molecule has 0 amide bonds. The van der Waals surface area contributed by atoms with Gasteiger partial charge in [-0.2, -0.15) is 0 Å². The monoisotopic (exact) mass is 283 g/mol. The molecule has 0 fully saturated rings. The van der Waals surface area contributed by atoms with Gasteiger partial charge in [0, 0.05) is 32.2 Å². The Morgan fingerprint density at radius 1 is 1.45 bits per heavy atom. The van der Waals surface area contributed by atoms with E-state index in [9.17, 15) is 5.11 Å². The maximum absolute atomic E-state index is 9.79. The minimum atomic E-state index is -0.577. The molecule has 0 aromatic carbocycles. The smallest absolute Gasteiger partial charge is 0.145 e. The first-order valence-corrected chi connectivity index (χ1v) is 6.52. The Hall–Kier alpha value is -1.44. The number of hydrazine groups is 1. The largest absolute Gasteiger partial charge is 0.389 e. The Bertz CT molecular complexity index is 433. The average Bonchev–Trinajstić information content (AvgIpc) is 2.37. The molecule has 7 heteroatoms. The van der Waals surface area contributed by atoms with Crippen LogP contribution in [0.15, 0.2) is 6.07 Å². The van der Waals surface area contributed by atoms with Crippen LogP contribution in [0.5, 0.6) is 0 Å². The van der Waals surface area contributed by atoms with Crippen LogP contribution in [-0.4, -0.2) is 48.5 Å². The number of aliphatic hydroxyl groups excluding tert-OH is 1. The SMILES string of the molecule is COCC(O)CN(C)c1cc(NN)nc(C(C)(C)C)n1. The van der Waals surface area contributed by atoms with Gasteiger partial charge in [-0.15, -0.1) is 0 Å². The standard InChI is InChI=1S/C13H25N5O2/c1-13(2,3)12-15-10(17-14)6-11(16-12)18(4)7-9(19)8-20-5/h6,9,19H,7-8,14H2,1-5H3,(H,15,16,17). The number of rotatable bonds is 6. The molecule has 7 nitrogen and oxygen atoms in total. The van der Waals surface area contributed by atoms with Crippen molar-refractivity contribution in [1.29, 1.82) is 0 Å². The molecule has 114 valence electrons. The van der Waals surface area contributed by atoms with E-state index in [1.807, 2.05) is 32.7 Å². The summed E-state index contributed by atoms with van der Waals surface area (Å²) in [5, 5.41) is 9.79. The summed E-state index contributed by atoms with van der Waals surface area (Å²) in [4.78, 5) is 10.7. The number of hydrogen-bond acceptors (Lipinski definition) is 7. The molecule has 0 saturated heterocycles. The van der Waals surface area contributed by atoms with E-state index in [-0.39, 0.29) is 12.0 Å². The third-order valence-corrected chi connectivity index (χ3v) is 2.77. The average molecular weight is 283 g/mol. The molecule has 20 heavy (non-hydrogen) atoms. The molecule has 0 aliphatic rings. The molecule has 4 N–H and O–H groups in total. The van der Waals surface area contributed by atoms with Crippen molar-refractivity contribution in [2.24, 2.45) is 5.84 Å². The second kappa shape index (κ2) is 6.83. The summed E-state index contributed by atoms with van der Waals surface area (Å²) in [7, 11) is 3.41. The van der Waals surface area contributed by atoms with E-state index in [0.717, 1.165) is 0 Å². The van der Waals surface area contributed by atoms with Crippen molar-refractivity contribution < 1.29 is 9.84 Å². The number of nitrogens with two attached hydrogens (primary N) is 1. The Balaban J connectivity index is 2.99. The van der Waals surface area contributed by atoms with E-state index < -0.39 is 6.10 Å². The number of nitrogens with one attached hydrogen (secondary N) is 1. The zero-order valence-corrected chi connectivity index (χ0v) is 12.8. The van der Waals surface area contributed by atoms with Crippen LogP contribution in [0.3, 0.4) is 0 Å². The van der Waals surface area contributed by atoms with Gasteiger partial charge in [-0.05, 0) is 0 Å². The Morgan fingerprint density at radius 2 is 2.10 bits per heavy atom. The quantitative estimate of drug-likeness (QED) is 0.517. The first kappa shape index (κ1) is 16.6. The van der Waals surface area contributed by atoms with Crippen molar-refractivity contribution in [2.75, 3.05) is 37.6 Å². The number of nitrogens with zero attached hydrogens (tertiary/aromatic N) is 3. The lowest BCUT2D eigenvalue weighted by Gasteiger charge is -2.24. The highest BCUT2D eigenvalue weighted by Gasteiger charge is 2.20. The maximum Gasteiger partial charge on any atom is 0.145 e. The predicted molar refractivity (Wildman–Crippen MR) is 79.7 cm³/mol. The van der Waals surface area contributed by atoms with Gasteiger partial charge in [-0.3, -0.25) is 0 Å². The molecule has 0 radical (unpaired) electrons. The van der Waals surface area contributed by atoms with Gasteiger partial charge >= 0.3 is 0 Å². The van der Waals surface area contributed by atoms with Gasteiger partial charge in [0.15, 0.2) is 0 Å². The number of anilines is 2. The van der Waals surface area contributed by atoms with Gasteiger partial charge in [0.05, 0.1) is 12.7 Å². The number of aliphatic hydroxyl groups is 1. The summed E-state index contributed by atoms with van der Waals surface area (Å²) in [5.74, 6) is 7.39. The highest BCUT2D eigenvalue weighted by Crippen LogP contribution is 2.23. The minimum Gasteiger partial charge on any atom is -0.389 e. The summed E-state index contributed by atoms with van der Waals surface area (Å²) >= 11 is 0. The number of ether oxygens (including phenoxy) is 1. The Labute approximate surface area is 120 Å². The van der Waals surface area contributed by atoms with Crippen LogP contribution in [0, 0.1) is 0 Å². The lowest BCUT2D eigenvalue weighted by Crippen LogP contribution is -2.33. The van der Waals surface area contributed by atoms with Crippen LogP contribution in [0.2, 0.25) is 0 Å². The third kappa shape index (κ3) is 4.59. The van der Waals surface area contributed by atoms with Crippen molar-refractivity contribution >= 4 is 11.6 Å². The molecule has 0 aliphatic heterocycles. The molecule has 1 rings (SSSR count). The van der Waals surface area contributed by atoms with Gasteiger partial charge in [-0.1, -0.05) is 20.8 Å². The van der Waals surface area contributed by atoms with Gasteiger partial charge in [0.2, 0.25) is 0 Å². The fourth-order valence-corrected chi connectivity index (χ4v) is 1.69. The lowest BCUT2D eigenvalue weighted by molar-refractivity contribution is 0.0694. The van der Waals surface area contributed by atoms with Crippen molar-refractivity contribution in [1.82, 2.24) is 9.97 Å². The lowest BCUT2D eigenvalue weighted by atomic mass is 9.96. The van der Waals surface area contributed by atoms with Crippen molar-refractivity contribution in [2.45, 2.75) is 32.3 Å². The van der Waals surface area contributed by atoms with E-state index in [4.69, 9.17) is 10.6 Å². The molecule has 0 bridgehead atoms. The Morgan fingerprint density at radius 3 is 2.60 bits per heavy atom. The Kier molecular flexibility index (Phi) is 5.67. The zero-order valence-electron chi connectivity index (χ0n) is 12.8. The van der Waals surface area contributed by atoms with Crippen LogP contribution in [0.4, 0.5) is 11.6 Å². The predicted octanol–water partition coefficient (Wildman–Crippen LogP) is 0.503. The number of likely N-dealkylation sites (N-methyl/N-ethyl adjacent to an activating group) is 1. The van der Waals surface area contributed by atoms with Crippen LogP contribution in [0.1, 0.15) is 26.6 Å². The third-order valence-electron chi connectivity index (χ3n) is 2.77. The number of nitrogen functional groups attached to an aromatic ring is 1. The molecule has 1 aromatic heterocycles. The zero-order chi connectivity index (χ0) is 15.3. The summed E-state index contributed by atoms with van der Waals surface area (Å²) in [6.07, 6.45) is -0.577. The summed E-state index contributed by atoms with van der Waals surface area (Å²) in [6, 6.07) is 1.74. The van der Waals surface area contributed by atoms with E-state index in [0.29, 0.717) is 24.0 Å². The van der Waals surface area contributed by atoms with Gasteiger partial charge in [0.25, 0.3) is 0 Å². The van der Waals surface area contributed by atoms with Gasteiger partial charge in [0.1, 0.15) is 17.5 Å². The second-order valence-electron chi connectivity index (χ2n) is 5.82. The summed E-state index contributed by atoms with van der Waals surface area (Å²) in [5.41, 5.74) is 2.36. The fraction of sp³-hybridized carbons (Fsp3) is 0.692. The van der Waals surface area contributed by atoms with E-state index >= 15 is 0 Å². The molecule has 1 unspecified atom stereocenters. The number of aromatic nitrogens is 2. The highest BCUT2D eigenvalue weighted by molar-refractivity contribution is 5.49. The molecule has 1 aromatic rings. The minimum absolute atomic E-state index is 0.187. The van der Waals surface area contributed by atoms with Crippen LogP contribution in [-0.2, 0) is 10.2 Å². The fourth-order valence-electron chi connectivity index (χ4n) is 1.69. The van der Waals surface area contributed by atoms with E-state index in [1.54, 1.807) is 13.2 Å². The van der Waals surface area contributed by atoms with Gasteiger partial charge in [-0.25, -0.2) is 15.8 Å². The van der Waals surface area contributed by atoms with E-state index in [2.05, 4.69) is 15.4 Å². The topological polar surface area (TPSA) is 96.5 Å². The molecule has 0 spiro atoms. The second-order valence-corrected chi connectivity index (χ2v) is 5.82. The first-order chi connectivity index (χ1) is 9.27. The highest BCUT2D eigenvalue weighted by atomic mass is 16.5. The first-order valence-electron chi connectivity index (χ1n) is 6.52. The molecule has 0 saturated carbocycles. The van der Waals surface area contributed by atoms with Crippen LogP contribution in [0.25, 0.3) is 0 Å². The molecule has 1 atom stereocenters. The summed E-state index contributed by atoms with van der Waals surface area (Å²) < 4.78 is 4.92. The van der Waals surface area contributed by atoms with Crippen molar-refractivity contribution in [3.05, 3.63) is 11.9 Å². The maximum atomic E-state index is 9.79. The summed E-state index contributed by atoms with van der Waals surface area (Å²) in [6.45, 7) is 6.80. The number of hydrogen-bond donors (Lipinski definition) is 3. The van der Waals surface area contributed by atoms with Gasteiger partial charge < -0.3 is 20.2 Å². The number of methoxy groups -OCH3 is 1. The van der Waals surface area contributed by atoms with Crippen molar-refractivity contribution in [3.8, 4) is 0 Å². The molecular weight excluding hydrogens is 258 g/mol.